The number of hydrogen-bond donors (Lipinski definition) is 1. The predicted molar refractivity (Wildman–Crippen MR) is 85.7 cm³/mol. The van der Waals surface area contributed by atoms with Crippen molar-refractivity contribution in [3.63, 3.8) is 0 Å². The summed E-state index contributed by atoms with van der Waals surface area (Å²) in [5.74, 6) is -0.0506. The number of nitriles is 1. The third kappa shape index (κ3) is 4.21. The zero-order valence-electron chi connectivity index (χ0n) is 13.2. The number of rotatable bonds is 5. The van der Waals surface area contributed by atoms with Crippen LogP contribution in [0.25, 0.3) is 0 Å². The topological polar surface area (TPSA) is 75.0 Å². The van der Waals surface area contributed by atoms with E-state index in [2.05, 4.69) is 16.4 Å². The van der Waals surface area contributed by atoms with Crippen molar-refractivity contribution in [2.24, 2.45) is 0 Å². The van der Waals surface area contributed by atoms with E-state index in [1.165, 1.54) is 11.8 Å². The smallest absolute Gasteiger partial charge is 0.233 e. The molecule has 6 heteroatoms. The minimum Gasteiger partial charge on any atom is -0.376 e. The zero-order valence-corrected chi connectivity index (χ0v) is 14.0. The molecule has 0 saturated carbocycles. The highest BCUT2D eigenvalue weighted by Gasteiger charge is 2.21. The molecule has 0 bridgehead atoms. The third-order valence-corrected chi connectivity index (χ3v) is 4.70. The first kappa shape index (κ1) is 16.8. The maximum atomic E-state index is 12.2. The number of carbonyl (C=O) groups is 1. The summed E-state index contributed by atoms with van der Waals surface area (Å²) in [4.78, 5) is 16.6. The van der Waals surface area contributed by atoms with Crippen molar-refractivity contribution in [2.45, 2.75) is 50.0 Å². The van der Waals surface area contributed by atoms with Gasteiger partial charge in [-0.2, -0.15) is 5.26 Å². The van der Waals surface area contributed by atoms with Gasteiger partial charge in [-0.15, -0.1) is 0 Å². The van der Waals surface area contributed by atoms with Crippen molar-refractivity contribution in [3.8, 4) is 6.07 Å². The summed E-state index contributed by atoms with van der Waals surface area (Å²) in [6.45, 7) is 6.94. The first-order valence-electron chi connectivity index (χ1n) is 7.45. The summed E-state index contributed by atoms with van der Waals surface area (Å²) in [6.07, 6.45) is 2.19. The quantitative estimate of drug-likeness (QED) is 0.843. The van der Waals surface area contributed by atoms with Crippen LogP contribution in [0.1, 0.15) is 36.6 Å². The van der Waals surface area contributed by atoms with Gasteiger partial charge >= 0.3 is 0 Å². The molecule has 118 valence electrons. The van der Waals surface area contributed by atoms with Gasteiger partial charge in [0.15, 0.2) is 0 Å². The van der Waals surface area contributed by atoms with Crippen LogP contribution in [0.2, 0.25) is 0 Å². The van der Waals surface area contributed by atoms with Crippen LogP contribution in [0, 0.1) is 25.2 Å². The third-order valence-electron chi connectivity index (χ3n) is 3.61. The molecule has 1 aromatic rings. The van der Waals surface area contributed by atoms with Crippen molar-refractivity contribution in [1.82, 2.24) is 10.3 Å². The van der Waals surface area contributed by atoms with Crippen LogP contribution in [0.5, 0.6) is 0 Å². The van der Waals surface area contributed by atoms with Gasteiger partial charge in [-0.25, -0.2) is 4.98 Å². The predicted octanol–water partition coefficient (Wildman–Crippen LogP) is 2.35. The Labute approximate surface area is 135 Å². The van der Waals surface area contributed by atoms with Gasteiger partial charge in [0.25, 0.3) is 0 Å². The molecule has 1 saturated heterocycles. The molecule has 1 fully saturated rings. The van der Waals surface area contributed by atoms with Crippen LogP contribution in [0.4, 0.5) is 0 Å². The monoisotopic (exact) mass is 319 g/mol. The number of amides is 1. The van der Waals surface area contributed by atoms with Crippen molar-refractivity contribution < 1.29 is 9.53 Å². The SMILES string of the molecule is Cc1cc(C)c(C#N)c(S[C@H](C)C(=O)NC[C@@H]2CCCO2)n1. The molecule has 5 nitrogen and oxygen atoms in total. The van der Waals surface area contributed by atoms with Crippen molar-refractivity contribution in [2.75, 3.05) is 13.2 Å². The number of nitrogens with one attached hydrogen (secondary N) is 1. The first-order valence-corrected chi connectivity index (χ1v) is 8.33. The highest BCUT2D eigenvalue weighted by Crippen LogP contribution is 2.27. The summed E-state index contributed by atoms with van der Waals surface area (Å²) < 4.78 is 5.49. The summed E-state index contributed by atoms with van der Waals surface area (Å²) >= 11 is 1.33. The number of hydrogen-bond acceptors (Lipinski definition) is 5. The molecule has 2 heterocycles. The van der Waals surface area contributed by atoms with E-state index in [1.54, 1.807) is 0 Å². The number of nitrogens with zero attached hydrogens (tertiary/aromatic N) is 2. The fourth-order valence-electron chi connectivity index (χ4n) is 2.41. The zero-order chi connectivity index (χ0) is 16.1. The van der Waals surface area contributed by atoms with Gasteiger partial charge in [-0.1, -0.05) is 11.8 Å². The van der Waals surface area contributed by atoms with E-state index in [4.69, 9.17) is 4.74 Å². The summed E-state index contributed by atoms with van der Waals surface area (Å²) in [5.41, 5.74) is 2.30. The molecule has 2 rings (SSSR count). The molecule has 1 aliphatic rings. The second kappa shape index (κ2) is 7.61. The molecule has 0 radical (unpaired) electrons. The second-order valence-electron chi connectivity index (χ2n) is 5.51. The second-order valence-corrected chi connectivity index (χ2v) is 6.84. The Balaban J connectivity index is 1.97. The normalized spacial score (nSPS) is 18.7. The number of carbonyl (C=O) groups excluding carboxylic acids is 1. The van der Waals surface area contributed by atoms with E-state index in [0.717, 1.165) is 30.7 Å². The number of aromatic nitrogens is 1. The lowest BCUT2D eigenvalue weighted by Gasteiger charge is -2.15. The largest absolute Gasteiger partial charge is 0.376 e. The molecular formula is C16H21N3O2S. The fraction of sp³-hybridized carbons (Fsp3) is 0.562. The average Bonchev–Trinajstić information content (AvgIpc) is 2.97. The van der Waals surface area contributed by atoms with Gasteiger partial charge < -0.3 is 10.1 Å². The molecule has 22 heavy (non-hydrogen) atoms. The lowest BCUT2D eigenvalue weighted by atomic mass is 10.1. The minimum atomic E-state index is -0.304. The van der Waals surface area contributed by atoms with E-state index in [-0.39, 0.29) is 17.3 Å². The van der Waals surface area contributed by atoms with Gasteiger partial charge in [0, 0.05) is 18.8 Å². The number of pyridine rings is 1. The van der Waals surface area contributed by atoms with Crippen LogP contribution in [0.15, 0.2) is 11.1 Å². The molecule has 0 unspecified atom stereocenters. The molecule has 0 aliphatic carbocycles. The summed E-state index contributed by atoms with van der Waals surface area (Å²) in [6, 6.07) is 4.06. The molecule has 1 amide bonds. The Morgan fingerprint density at radius 1 is 1.64 bits per heavy atom. The van der Waals surface area contributed by atoms with Crippen LogP contribution < -0.4 is 5.32 Å². The van der Waals surface area contributed by atoms with Crippen LogP contribution in [0.3, 0.4) is 0 Å². The Bertz CT molecular complexity index is 592. The molecule has 0 aromatic carbocycles. The molecule has 0 spiro atoms. The first-order chi connectivity index (χ1) is 10.5. The van der Waals surface area contributed by atoms with Crippen LogP contribution >= 0.6 is 11.8 Å². The van der Waals surface area contributed by atoms with Crippen molar-refractivity contribution >= 4 is 17.7 Å². The number of ether oxygens (including phenoxy) is 1. The van der Waals surface area contributed by atoms with Gasteiger partial charge in [-0.05, 0) is 45.2 Å². The molecular weight excluding hydrogens is 298 g/mol. The molecule has 1 N–H and O–H groups in total. The highest BCUT2D eigenvalue weighted by atomic mass is 32.2. The van der Waals surface area contributed by atoms with E-state index in [1.807, 2.05) is 26.8 Å². The van der Waals surface area contributed by atoms with Gasteiger partial charge in [-0.3, -0.25) is 4.79 Å². The fourth-order valence-corrected chi connectivity index (χ4v) is 3.45. The number of thioether (sulfide) groups is 1. The highest BCUT2D eigenvalue weighted by molar-refractivity contribution is 8.00. The molecule has 2 atom stereocenters. The maximum absolute atomic E-state index is 12.2. The Hall–Kier alpha value is -1.58. The Kier molecular flexibility index (Phi) is 5.81. The maximum Gasteiger partial charge on any atom is 0.233 e. The Morgan fingerprint density at radius 3 is 3.05 bits per heavy atom. The van der Waals surface area contributed by atoms with Crippen molar-refractivity contribution in [1.29, 1.82) is 5.26 Å². The van der Waals surface area contributed by atoms with Gasteiger partial charge in [0.05, 0.1) is 16.9 Å². The van der Waals surface area contributed by atoms with Crippen molar-refractivity contribution in [3.05, 3.63) is 22.9 Å². The lowest BCUT2D eigenvalue weighted by Crippen LogP contribution is -2.36. The summed E-state index contributed by atoms with van der Waals surface area (Å²) in [7, 11) is 0. The van der Waals surface area contributed by atoms with E-state index in [9.17, 15) is 10.1 Å². The lowest BCUT2D eigenvalue weighted by molar-refractivity contribution is -0.120. The van der Waals surface area contributed by atoms with Gasteiger partial charge in [0.1, 0.15) is 11.1 Å². The van der Waals surface area contributed by atoms with E-state index < -0.39 is 0 Å². The molecule has 1 aromatic heterocycles. The Morgan fingerprint density at radius 2 is 2.41 bits per heavy atom. The van der Waals surface area contributed by atoms with Gasteiger partial charge in [0.2, 0.25) is 5.91 Å². The average molecular weight is 319 g/mol. The van der Waals surface area contributed by atoms with E-state index >= 15 is 0 Å². The van der Waals surface area contributed by atoms with E-state index in [0.29, 0.717) is 17.1 Å². The standard InChI is InChI=1S/C16H21N3O2S/c1-10-7-11(2)19-16(14(10)8-17)22-12(3)15(20)18-9-13-5-4-6-21-13/h7,12-13H,4-6,9H2,1-3H3,(H,18,20)/t12-,13+/m1/s1. The summed E-state index contributed by atoms with van der Waals surface area (Å²) in [5, 5.41) is 12.5. The minimum absolute atomic E-state index is 0.0506. The number of aryl methyl sites for hydroxylation is 2. The van der Waals surface area contributed by atoms with Crippen LogP contribution in [-0.2, 0) is 9.53 Å². The molecule has 1 aliphatic heterocycles. The van der Waals surface area contributed by atoms with Crippen LogP contribution in [-0.4, -0.2) is 35.4 Å².